The molecular formula is C15H29N3O. The standard InChI is InChI=1S/C15H29N3O/c1-3-7-17(2)11-14-6-8-18(12-14)15(19)10-16-9-13-4-5-13/h13-14,16H,3-12H2,1-2H3. The van der Waals surface area contributed by atoms with E-state index in [4.69, 9.17) is 0 Å². The SMILES string of the molecule is CCCN(C)CC1CCN(C(=O)CNCC2CC2)C1. The van der Waals surface area contributed by atoms with Crippen molar-refractivity contribution in [1.82, 2.24) is 15.1 Å². The Kier molecular flexibility index (Phi) is 5.64. The molecule has 1 heterocycles. The third kappa shape index (κ3) is 5.11. The highest BCUT2D eigenvalue weighted by Crippen LogP contribution is 2.27. The molecule has 1 saturated heterocycles. The van der Waals surface area contributed by atoms with Crippen LogP contribution < -0.4 is 5.32 Å². The maximum absolute atomic E-state index is 12.1. The Labute approximate surface area is 117 Å². The fourth-order valence-electron chi connectivity index (χ4n) is 2.94. The molecule has 1 unspecified atom stereocenters. The number of carbonyl (C=O) groups excluding carboxylic acids is 1. The fourth-order valence-corrected chi connectivity index (χ4v) is 2.94. The summed E-state index contributed by atoms with van der Waals surface area (Å²) in [6.07, 6.45) is 5.06. The van der Waals surface area contributed by atoms with Gasteiger partial charge in [-0.1, -0.05) is 6.92 Å². The summed E-state index contributed by atoms with van der Waals surface area (Å²) in [5, 5.41) is 3.30. The third-order valence-electron chi connectivity index (χ3n) is 4.22. The maximum Gasteiger partial charge on any atom is 0.236 e. The molecule has 4 nitrogen and oxygen atoms in total. The highest BCUT2D eigenvalue weighted by molar-refractivity contribution is 5.78. The second-order valence-electron chi connectivity index (χ2n) is 6.33. The molecular weight excluding hydrogens is 238 g/mol. The van der Waals surface area contributed by atoms with E-state index in [1.165, 1.54) is 25.7 Å². The number of hydrogen-bond donors (Lipinski definition) is 1. The van der Waals surface area contributed by atoms with E-state index in [1.807, 2.05) is 4.90 Å². The molecule has 1 saturated carbocycles. The molecule has 2 rings (SSSR count). The molecule has 1 aliphatic carbocycles. The summed E-state index contributed by atoms with van der Waals surface area (Å²) in [6, 6.07) is 0. The van der Waals surface area contributed by atoms with E-state index in [9.17, 15) is 4.79 Å². The van der Waals surface area contributed by atoms with Gasteiger partial charge in [0.25, 0.3) is 0 Å². The average Bonchev–Trinajstić information content (AvgIpc) is 3.07. The van der Waals surface area contributed by atoms with Crippen molar-refractivity contribution in [3.05, 3.63) is 0 Å². The van der Waals surface area contributed by atoms with Crippen LogP contribution in [0.1, 0.15) is 32.6 Å². The predicted molar refractivity (Wildman–Crippen MR) is 78.1 cm³/mol. The van der Waals surface area contributed by atoms with Crippen LogP contribution >= 0.6 is 0 Å². The van der Waals surface area contributed by atoms with Crippen LogP contribution in [-0.2, 0) is 4.79 Å². The lowest BCUT2D eigenvalue weighted by molar-refractivity contribution is -0.129. The van der Waals surface area contributed by atoms with Crippen LogP contribution in [0.4, 0.5) is 0 Å². The average molecular weight is 267 g/mol. The summed E-state index contributed by atoms with van der Waals surface area (Å²) in [5.41, 5.74) is 0. The molecule has 19 heavy (non-hydrogen) atoms. The van der Waals surface area contributed by atoms with Gasteiger partial charge in [-0.15, -0.1) is 0 Å². The number of amides is 1. The number of hydrogen-bond acceptors (Lipinski definition) is 3. The van der Waals surface area contributed by atoms with E-state index in [0.717, 1.165) is 38.6 Å². The number of carbonyl (C=O) groups is 1. The first-order chi connectivity index (χ1) is 9.19. The number of nitrogens with one attached hydrogen (secondary N) is 1. The first-order valence-corrected chi connectivity index (χ1v) is 7.86. The molecule has 2 aliphatic rings. The molecule has 0 radical (unpaired) electrons. The highest BCUT2D eigenvalue weighted by Gasteiger charge is 2.27. The van der Waals surface area contributed by atoms with E-state index in [0.29, 0.717) is 18.4 Å². The summed E-state index contributed by atoms with van der Waals surface area (Å²) in [6.45, 7) is 7.98. The van der Waals surface area contributed by atoms with Gasteiger partial charge in [0.2, 0.25) is 5.91 Å². The third-order valence-corrected chi connectivity index (χ3v) is 4.22. The Morgan fingerprint density at radius 2 is 2.11 bits per heavy atom. The maximum atomic E-state index is 12.1. The van der Waals surface area contributed by atoms with E-state index < -0.39 is 0 Å². The van der Waals surface area contributed by atoms with Gasteiger partial charge >= 0.3 is 0 Å². The van der Waals surface area contributed by atoms with Gasteiger partial charge in [0, 0.05) is 19.6 Å². The molecule has 4 heteroatoms. The van der Waals surface area contributed by atoms with Gasteiger partial charge in [-0.3, -0.25) is 4.79 Å². The summed E-state index contributed by atoms with van der Waals surface area (Å²) < 4.78 is 0. The molecule has 1 atom stereocenters. The van der Waals surface area contributed by atoms with Gasteiger partial charge < -0.3 is 15.1 Å². The normalized spacial score (nSPS) is 23.3. The lowest BCUT2D eigenvalue weighted by atomic mass is 10.1. The van der Waals surface area contributed by atoms with Gasteiger partial charge in [0.15, 0.2) is 0 Å². The molecule has 0 aromatic carbocycles. The zero-order valence-electron chi connectivity index (χ0n) is 12.5. The van der Waals surface area contributed by atoms with Crippen molar-refractivity contribution in [2.75, 3.05) is 46.3 Å². The minimum atomic E-state index is 0.293. The molecule has 0 spiro atoms. The van der Waals surface area contributed by atoms with Crippen LogP contribution in [-0.4, -0.2) is 62.0 Å². The second-order valence-corrected chi connectivity index (χ2v) is 6.33. The first kappa shape index (κ1) is 14.8. The second kappa shape index (κ2) is 7.25. The first-order valence-electron chi connectivity index (χ1n) is 7.86. The van der Waals surface area contributed by atoms with Gasteiger partial charge in [-0.05, 0) is 57.7 Å². The van der Waals surface area contributed by atoms with Crippen LogP contribution in [0.5, 0.6) is 0 Å². The molecule has 110 valence electrons. The van der Waals surface area contributed by atoms with E-state index in [1.54, 1.807) is 0 Å². The Balaban J connectivity index is 1.61. The molecule has 0 aromatic rings. The largest absolute Gasteiger partial charge is 0.341 e. The zero-order valence-corrected chi connectivity index (χ0v) is 12.5. The van der Waals surface area contributed by atoms with Crippen LogP contribution in [0.15, 0.2) is 0 Å². The number of nitrogens with zero attached hydrogens (tertiary/aromatic N) is 2. The lowest BCUT2D eigenvalue weighted by Crippen LogP contribution is -2.38. The van der Waals surface area contributed by atoms with Crippen molar-refractivity contribution in [3.63, 3.8) is 0 Å². The van der Waals surface area contributed by atoms with E-state index >= 15 is 0 Å². The Bertz CT molecular complexity index is 291. The molecule has 0 bridgehead atoms. The van der Waals surface area contributed by atoms with Crippen LogP contribution in [0.3, 0.4) is 0 Å². The van der Waals surface area contributed by atoms with Crippen LogP contribution in [0.25, 0.3) is 0 Å². The molecule has 1 N–H and O–H groups in total. The highest BCUT2D eigenvalue weighted by atomic mass is 16.2. The molecule has 1 aliphatic heterocycles. The van der Waals surface area contributed by atoms with Crippen molar-refractivity contribution >= 4 is 5.91 Å². The van der Waals surface area contributed by atoms with E-state index in [-0.39, 0.29) is 0 Å². The number of likely N-dealkylation sites (tertiary alicyclic amines) is 1. The summed E-state index contributed by atoms with van der Waals surface area (Å²) in [7, 11) is 2.19. The summed E-state index contributed by atoms with van der Waals surface area (Å²) >= 11 is 0. The van der Waals surface area contributed by atoms with Gasteiger partial charge in [0.05, 0.1) is 6.54 Å². The quantitative estimate of drug-likeness (QED) is 0.717. The van der Waals surface area contributed by atoms with Crippen LogP contribution in [0.2, 0.25) is 0 Å². The Hall–Kier alpha value is -0.610. The minimum absolute atomic E-state index is 0.293. The minimum Gasteiger partial charge on any atom is -0.341 e. The van der Waals surface area contributed by atoms with Gasteiger partial charge in [0.1, 0.15) is 0 Å². The predicted octanol–water partition coefficient (Wildman–Crippen LogP) is 1.18. The fraction of sp³-hybridized carbons (Fsp3) is 0.933. The summed E-state index contributed by atoms with van der Waals surface area (Å²) in [4.78, 5) is 16.5. The van der Waals surface area contributed by atoms with Crippen molar-refractivity contribution in [2.24, 2.45) is 11.8 Å². The smallest absolute Gasteiger partial charge is 0.236 e. The van der Waals surface area contributed by atoms with Crippen molar-refractivity contribution in [3.8, 4) is 0 Å². The molecule has 0 aromatic heterocycles. The Morgan fingerprint density at radius 3 is 2.79 bits per heavy atom. The molecule has 1 amide bonds. The summed E-state index contributed by atoms with van der Waals surface area (Å²) in [5.74, 6) is 1.81. The van der Waals surface area contributed by atoms with Crippen molar-refractivity contribution in [1.29, 1.82) is 0 Å². The monoisotopic (exact) mass is 267 g/mol. The Morgan fingerprint density at radius 1 is 1.32 bits per heavy atom. The van der Waals surface area contributed by atoms with Crippen molar-refractivity contribution < 1.29 is 4.79 Å². The van der Waals surface area contributed by atoms with Gasteiger partial charge in [-0.2, -0.15) is 0 Å². The van der Waals surface area contributed by atoms with Crippen LogP contribution in [0, 0.1) is 11.8 Å². The topological polar surface area (TPSA) is 35.6 Å². The lowest BCUT2D eigenvalue weighted by Gasteiger charge is -2.21. The van der Waals surface area contributed by atoms with E-state index in [2.05, 4.69) is 24.2 Å². The zero-order chi connectivity index (χ0) is 13.7. The molecule has 2 fully saturated rings. The number of rotatable bonds is 8. The van der Waals surface area contributed by atoms with Gasteiger partial charge in [-0.25, -0.2) is 0 Å². The van der Waals surface area contributed by atoms with Crippen molar-refractivity contribution in [2.45, 2.75) is 32.6 Å².